The Kier molecular flexibility index (Phi) is 8.02. The molecule has 0 amide bonds. The van der Waals surface area contributed by atoms with Gasteiger partial charge in [0.15, 0.2) is 0 Å². The van der Waals surface area contributed by atoms with E-state index in [0.29, 0.717) is 60.4 Å². The molecule has 0 saturated heterocycles. The summed E-state index contributed by atoms with van der Waals surface area (Å²) in [6.07, 6.45) is 4.98. The number of halogens is 1. The number of aromatic carboxylic acids is 1. The highest BCUT2D eigenvalue weighted by Gasteiger charge is 2.30. The lowest BCUT2D eigenvalue weighted by atomic mass is 9.89. The molecule has 0 spiro atoms. The second kappa shape index (κ2) is 12.3. The Bertz CT molecular complexity index is 1910. The largest absolute Gasteiger partial charge is 0.477 e. The molecule has 1 aliphatic heterocycles. The van der Waals surface area contributed by atoms with Crippen molar-refractivity contribution < 1.29 is 23.8 Å². The summed E-state index contributed by atoms with van der Waals surface area (Å²) < 4.78 is 32.3. The van der Waals surface area contributed by atoms with Gasteiger partial charge in [0.1, 0.15) is 11.5 Å². The normalized spacial score (nSPS) is 16.1. The van der Waals surface area contributed by atoms with Crippen molar-refractivity contribution in [2.24, 2.45) is 7.05 Å². The molecule has 1 atom stereocenters. The fourth-order valence-electron chi connectivity index (χ4n) is 7.44. The van der Waals surface area contributed by atoms with Crippen LogP contribution in [0.3, 0.4) is 0 Å². The first-order valence-electron chi connectivity index (χ1n) is 15.9. The number of benzene rings is 3. The van der Waals surface area contributed by atoms with Crippen molar-refractivity contribution in [2.45, 2.75) is 71.3 Å². The molecular formula is C37H38FN3O4. The van der Waals surface area contributed by atoms with Crippen molar-refractivity contribution in [1.29, 1.82) is 0 Å². The van der Waals surface area contributed by atoms with Crippen molar-refractivity contribution in [1.82, 2.24) is 14.3 Å². The minimum atomic E-state index is -1.03. The number of ether oxygens (including phenoxy) is 2. The van der Waals surface area contributed by atoms with E-state index < -0.39 is 11.8 Å². The van der Waals surface area contributed by atoms with Crippen LogP contribution >= 0.6 is 0 Å². The minimum absolute atomic E-state index is 0.0525. The first kappa shape index (κ1) is 29.4. The van der Waals surface area contributed by atoms with Gasteiger partial charge < -0.3 is 19.1 Å². The molecule has 5 aromatic rings. The van der Waals surface area contributed by atoms with Gasteiger partial charge in [0.2, 0.25) is 0 Å². The number of hydrogen-bond donors (Lipinski definition) is 1. The molecule has 3 aromatic carbocycles. The lowest BCUT2D eigenvalue weighted by Gasteiger charge is -2.25. The van der Waals surface area contributed by atoms with E-state index in [-0.39, 0.29) is 24.9 Å². The number of rotatable bonds is 7. The molecular weight excluding hydrogens is 569 g/mol. The van der Waals surface area contributed by atoms with Gasteiger partial charge in [0, 0.05) is 42.4 Å². The highest BCUT2D eigenvalue weighted by Crippen LogP contribution is 2.41. The third-order valence-corrected chi connectivity index (χ3v) is 9.45. The van der Waals surface area contributed by atoms with Crippen LogP contribution in [0.2, 0.25) is 0 Å². The van der Waals surface area contributed by atoms with Crippen LogP contribution in [0.4, 0.5) is 4.39 Å². The zero-order valence-electron chi connectivity index (χ0n) is 25.8. The van der Waals surface area contributed by atoms with Crippen LogP contribution in [0.15, 0.2) is 60.7 Å². The van der Waals surface area contributed by atoms with Crippen molar-refractivity contribution in [3.8, 4) is 11.1 Å². The summed E-state index contributed by atoms with van der Waals surface area (Å²) in [7, 11) is 1.86. The number of aryl methyl sites for hydroxylation is 3. The van der Waals surface area contributed by atoms with Gasteiger partial charge >= 0.3 is 5.97 Å². The number of fused-ring (bicyclic) bond motifs is 4. The smallest absolute Gasteiger partial charge is 0.352 e. The number of aromatic nitrogens is 3. The van der Waals surface area contributed by atoms with Gasteiger partial charge in [-0.1, -0.05) is 55.5 Å². The van der Waals surface area contributed by atoms with E-state index in [9.17, 15) is 9.90 Å². The summed E-state index contributed by atoms with van der Waals surface area (Å²) in [5, 5.41) is 16.2. The standard InChI is InChI=1S/C37H38FN3O4/c1-3-31-34-30(39-40(31)2)22-44-21-25-12-5-4-11-24(25)20-41-35-28(17-18-29(38)33(34)35)27(36(41)37(42)43)15-9-19-45-32-16-8-13-23-10-6-7-14-26(23)32/h4-7,10-12,14,17-18,32H,3,8-9,13,15-16,19-22H2,1-2H3,(H,42,43). The number of carboxylic acids is 1. The van der Waals surface area contributed by atoms with E-state index in [1.807, 2.05) is 42.8 Å². The van der Waals surface area contributed by atoms with Gasteiger partial charge in [-0.3, -0.25) is 4.68 Å². The van der Waals surface area contributed by atoms with E-state index in [1.54, 1.807) is 10.7 Å². The average Bonchev–Trinajstić information content (AvgIpc) is 3.52. The van der Waals surface area contributed by atoms with Gasteiger partial charge in [0.25, 0.3) is 0 Å². The molecule has 2 aromatic heterocycles. The summed E-state index contributed by atoms with van der Waals surface area (Å²) in [5.41, 5.74) is 8.60. The van der Waals surface area contributed by atoms with Crippen LogP contribution in [-0.4, -0.2) is 32.0 Å². The van der Waals surface area contributed by atoms with Crippen LogP contribution in [-0.2, 0) is 55.5 Å². The third kappa shape index (κ3) is 5.26. The zero-order chi connectivity index (χ0) is 31.1. The topological polar surface area (TPSA) is 78.5 Å². The molecule has 0 bridgehead atoms. The van der Waals surface area contributed by atoms with Crippen molar-refractivity contribution >= 4 is 16.9 Å². The molecule has 0 saturated carbocycles. The van der Waals surface area contributed by atoms with E-state index >= 15 is 4.39 Å². The first-order chi connectivity index (χ1) is 22.0. The van der Waals surface area contributed by atoms with Crippen LogP contribution in [0.5, 0.6) is 0 Å². The van der Waals surface area contributed by atoms with E-state index in [4.69, 9.17) is 14.6 Å². The maximum atomic E-state index is 16.2. The maximum Gasteiger partial charge on any atom is 0.352 e. The van der Waals surface area contributed by atoms with E-state index in [1.165, 1.54) is 17.2 Å². The summed E-state index contributed by atoms with van der Waals surface area (Å²) in [6.45, 7) is 3.36. The Morgan fingerprint density at radius 2 is 1.82 bits per heavy atom. The van der Waals surface area contributed by atoms with Gasteiger partial charge in [-0.2, -0.15) is 5.10 Å². The second-order valence-corrected chi connectivity index (χ2v) is 12.1. The Labute approximate surface area is 262 Å². The highest BCUT2D eigenvalue weighted by molar-refractivity contribution is 6.04. The van der Waals surface area contributed by atoms with Crippen molar-refractivity contribution in [3.05, 3.63) is 111 Å². The third-order valence-electron chi connectivity index (χ3n) is 9.45. The number of carboxylic acid groups (broad SMARTS) is 1. The van der Waals surface area contributed by atoms with Crippen molar-refractivity contribution in [2.75, 3.05) is 6.61 Å². The van der Waals surface area contributed by atoms with E-state index in [2.05, 4.69) is 24.3 Å². The van der Waals surface area contributed by atoms with Crippen LogP contribution < -0.4 is 0 Å². The van der Waals surface area contributed by atoms with Crippen molar-refractivity contribution in [3.63, 3.8) is 0 Å². The molecule has 0 radical (unpaired) electrons. The molecule has 3 heterocycles. The van der Waals surface area contributed by atoms with Gasteiger partial charge in [0.05, 0.1) is 30.5 Å². The summed E-state index contributed by atoms with van der Waals surface area (Å²) in [6, 6.07) is 19.6. The van der Waals surface area contributed by atoms with Gasteiger partial charge in [-0.15, -0.1) is 0 Å². The second-order valence-electron chi connectivity index (χ2n) is 12.1. The lowest BCUT2D eigenvalue weighted by molar-refractivity contribution is 0.0393. The fourth-order valence-corrected chi connectivity index (χ4v) is 7.44. The van der Waals surface area contributed by atoms with E-state index in [0.717, 1.165) is 41.5 Å². The predicted molar refractivity (Wildman–Crippen MR) is 171 cm³/mol. The molecule has 2 aliphatic rings. The molecule has 1 unspecified atom stereocenters. The molecule has 45 heavy (non-hydrogen) atoms. The molecule has 0 fully saturated rings. The summed E-state index contributed by atoms with van der Waals surface area (Å²) >= 11 is 0. The average molecular weight is 608 g/mol. The lowest BCUT2D eigenvalue weighted by Crippen LogP contribution is -2.15. The summed E-state index contributed by atoms with van der Waals surface area (Å²) in [5.74, 6) is -1.43. The molecule has 232 valence electrons. The minimum Gasteiger partial charge on any atom is -0.477 e. The predicted octanol–water partition coefficient (Wildman–Crippen LogP) is 7.55. The zero-order valence-corrected chi connectivity index (χ0v) is 25.8. The molecule has 7 rings (SSSR count). The van der Waals surface area contributed by atoms with Crippen LogP contribution in [0.1, 0.15) is 82.0 Å². The van der Waals surface area contributed by atoms with Crippen LogP contribution in [0, 0.1) is 5.82 Å². The maximum absolute atomic E-state index is 16.2. The molecule has 7 nitrogen and oxygen atoms in total. The Morgan fingerprint density at radius 1 is 1.04 bits per heavy atom. The Morgan fingerprint density at radius 3 is 2.62 bits per heavy atom. The molecule has 1 aliphatic carbocycles. The van der Waals surface area contributed by atoms with Crippen LogP contribution in [0.25, 0.3) is 22.0 Å². The number of carbonyl (C=O) groups is 1. The molecule has 8 heteroatoms. The Hall–Kier alpha value is -4.27. The summed E-state index contributed by atoms with van der Waals surface area (Å²) in [4.78, 5) is 13.1. The Balaban J connectivity index is 1.35. The first-order valence-corrected chi connectivity index (χ1v) is 15.9. The van der Waals surface area contributed by atoms with Gasteiger partial charge in [-0.25, -0.2) is 9.18 Å². The molecule has 1 N–H and O–H groups in total. The number of hydrogen-bond acceptors (Lipinski definition) is 4. The quantitative estimate of drug-likeness (QED) is 0.193. The SMILES string of the molecule is CCc1c2c(nn1C)COCc1ccccc1Cn1c(C(=O)O)c(CCCOC3CCCc4ccccc43)c3ccc(F)c-2c31. The number of nitrogens with zero attached hydrogens (tertiary/aromatic N) is 3. The fraction of sp³-hybridized carbons (Fsp3) is 0.351. The van der Waals surface area contributed by atoms with Gasteiger partial charge in [-0.05, 0) is 78.5 Å². The monoisotopic (exact) mass is 607 g/mol. The highest BCUT2D eigenvalue weighted by atomic mass is 19.1.